The maximum atomic E-state index is 9.91. The highest BCUT2D eigenvalue weighted by Gasteiger charge is 2.21. The van der Waals surface area contributed by atoms with Gasteiger partial charge in [-0.1, -0.05) is 15.9 Å². The molecule has 2 atom stereocenters. The molecule has 106 valence electrons. The van der Waals surface area contributed by atoms with Gasteiger partial charge in [0.15, 0.2) is 0 Å². The molecular weight excluding hydrogens is 442 g/mol. The van der Waals surface area contributed by atoms with E-state index in [0.717, 1.165) is 35.7 Å². The van der Waals surface area contributed by atoms with Crippen LogP contribution in [0.1, 0.15) is 31.2 Å². The summed E-state index contributed by atoms with van der Waals surface area (Å²) in [5, 5.41) is 23.0. The van der Waals surface area contributed by atoms with E-state index in [4.69, 9.17) is 0 Å². The highest BCUT2D eigenvalue weighted by molar-refractivity contribution is 9.11. The monoisotopic (exact) mass is 455 g/mol. The van der Waals surface area contributed by atoms with Gasteiger partial charge < -0.3 is 15.5 Å². The lowest BCUT2D eigenvalue weighted by Gasteiger charge is -2.27. The van der Waals surface area contributed by atoms with Crippen LogP contribution < -0.4 is 5.32 Å². The minimum Gasteiger partial charge on any atom is -0.506 e. The Kier molecular flexibility index (Phi) is 5.72. The van der Waals surface area contributed by atoms with Crippen molar-refractivity contribution in [1.82, 2.24) is 5.32 Å². The summed E-state index contributed by atoms with van der Waals surface area (Å²) in [6.45, 7) is 0.652. The van der Waals surface area contributed by atoms with Crippen molar-refractivity contribution in [1.29, 1.82) is 0 Å². The highest BCUT2D eigenvalue weighted by Crippen LogP contribution is 2.39. The molecule has 1 saturated carbocycles. The molecule has 0 saturated heterocycles. The maximum Gasteiger partial charge on any atom is 0.144 e. The first-order chi connectivity index (χ1) is 8.99. The van der Waals surface area contributed by atoms with Crippen molar-refractivity contribution in [3.8, 4) is 5.75 Å². The number of nitrogens with one attached hydrogen (secondary N) is 1. The van der Waals surface area contributed by atoms with Crippen LogP contribution in [0.15, 0.2) is 19.5 Å². The van der Waals surface area contributed by atoms with Gasteiger partial charge in [-0.15, -0.1) is 0 Å². The van der Waals surface area contributed by atoms with E-state index in [1.807, 2.05) is 6.07 Å². The summed E-state index contributed by atoms with van der Waals surface area (Å²) in [4.78, 5) is 0. The van der Waals surface area contributed by atoms with Crippen molar-refractivity contribution in [2.24, 2.45) is 0 Å². The van der Waals surface area contributed by atoms with Crippen LogP contribution in [-0.4, -0.2) is 22.4 Å². The molecule has 0 spiro atoms. The molecule has 0 radical (unpaired) electrons. The normalized spacial score (nSPS) is 23.6. The first-order valence-electron chi connectivity index (χ1n) is 6.25. The first kappa shape index (κ1) is 15.8. The van der Waals surface area contributed by atoms with E-state index in [-0.39, 0.29) is 11.9 Å². The third-order valence-electron chi connectivity index (χ3n) is 3.45. The predicted molar refractivity (Wildman–Crippen MR) is 86.3 cm³/mol. The number of rotatable bonds is 3. The van der Waals surface area contributed by atoms with E-state index < -0.39 is 0 Å². The fourth-order valence-electron chi connectivity index (χ4n) is 2.38. The number of hydrogen-bond donors (Lipinski definition) is 3. The fraction of sp³-hybridized carbons (Fsp3) is 0.538. The Bertz CT molecular complexity index is 468. The molecular formula is C13H16Br3NO2. The van der Waals surface area contributed by atoms with E-state index in [2.05, 4.69) is 53.1 Å². The Morgan fingerprint density at radius 1 is 1.21 bits per heavy atom. The van der Waals surface area contributed by atoms with E-state index in [9.17, 15) is 10.2 Å². The molecule has 6 heteroatoms. The van der Waals surface area contributed by atoms with Gasteiger partial charge in [-0.2, -0.15) is 0 Å². The van der Waals surface area contributed by atoms with Crippen molar-refractivity contribution >= 4 is 47.8 Å². The second kappa shape index (κ2) is 6.89. The first-order valence-corrected chi connectivity index (χ1v) is 8.63. The van der Waals surface area contributed by atoms with Gasteiger partial charge in [-0.25, -0.2) is 0 Å². The number of phenolic OH excluding ortho intramolecular Hbond substituents is 1. The molecule has 0 aliphatic heterocycles. The average molecular weight is 458 g/mol. The zero-order chi connectivity index (χ0) is 14.0. The van der Waals surface area contributed by atoms with Gasteiger partial charge in [0.1, 0.15) is 5.75 Å². The number of phenols is 1. The second-order valence-corrected chi connectivity index (χ2v) is 7.38. The van der Waals surface area contributed by atoms with Crippen LogP contribution in [0, 0.1) is 0 Å². The maximum absolute atomic E-state index is 9.91. The SMILES string of the molecule is Oc1c(Br)cc(Br)c(CN[C@H]2CCC[C@@H](O)C2)c1Br. The lowest BCUT2D eigenvalue weighted by molar-refractivity contribution is 0.111. The van der Waals surface area contributed by atoms with E-state index in [0.29, 0.717) is 21.5 Å². The van der Waals surface area contributed by atoms with Crippen molar-refractivity contribution in [3.05, 3.63) is 25.0 Å². The van der Waals surface area contributed by atoms with Crippen LogP contribution in [0.2, 0.25) is 0 Å². The Balaban J connectivity index is 2.05. The van der Waals surface area contributed by atoms with E-state index in [1.54, 1.807) is 0 Å². The zero-order valence-corrected chi connectivity index (χ0v) is 15.1. The average Bonchev–Trinajstić information content (AvgIpc) is 2.36. The summed E-state index contributed by atoms with van der Waals surface area (Å²) in [7, 11) is 0. The van der Waals surface area contributed by atoms with Gasteiger partial charge in [-0.3, -0.25) is 0 Å². The fourth-order valence-corrected chi connectivity index (χ4v) is 4.78. The smallest absolute Gasteiger partial charge is 0.144 e. The number of aromatic hydroxyl groups is 1. The lowest BCUT2D eigenvalue weighted by Crippen LogP contribution is -2.35. The van der Waals surface area contributed by atoms with Crippen LogP contribution >= 0.6 is 47.8 Å². The molecule has 0 bridgehead atoms. The number of hydrogen-bond acceptors (Lipinski definition) is 3. The molecule has 1 aliphatic carbocycles. The Morgan fingerprint density at radius 3 is 2.63 bits per heavy atom. The molecule has 0 unspecified atom stereocenters. The standard InChI is InChI=1S/C13H16Br3NO2/c14-10-5-11(15)13(19)12(16)9(10)6-17-7-2-1-3-8(18)4-7/h5,7-8,17-19H,1-4,6H2/t7-,8+/m0/s1. The summed E-state index contributed by atoms with van der Waals surface area (Å²) in [5.74, 6) is 0.212. The number of halogens is 3. The minimum absolute atomic E-state index is 0.184. The number of aliphatic hydroxyl groups is 1. The molecule has 2 rings (SSSR count). The molecule has 0 aromatic heterocycles. The molecule has 0 amide bonds. The summed E-state index contributed by atoms with van der Waals surface area (Å²) in [5.41, 5.74) is 0.987. The molecule has 3 N–H and O–H groups in total. The molecule has 1 aliphatic rings. The third kappa shape index (κ3) is 3.94. The number of aliphatic hydroxyl groups excluding tert-OH is 1. The lowest BCUT2D eigenvalue weighted by atomic mass is 9.93. The van der Waals surface area contributed by atoms with Crippen molar-refractivity contribution in [2.75, 3.05) is 0 Å². The zero-order valence-electron chi connectivity index (χ0n) is 10.3. The molecule has 1 aromatic rings. The second-order valence-electron chi connectivity index (χ2n) is 4.88. The van der Waals surface area contributed by atoms with Crippen molar-refractivity contribution in [3.63, 3.8) is 0 Å². The van der Waals surface area contributed by atoms with Crippen LogP contribution in [0.4, 0.5) is 0 Å². The molecule has 3 nitrogen and oxygen atoms in total. The Morgan fingerprint density at radius 2 is 1.95 bits per heavy atom. The Labute approximate surface area is 138 Å². The van der Waals surface area contributed by atoms with Gasteiger partial charge in [0.05, 0.1) is 15.0 Å². The van der Waals surface area contributed by atoms with Gasteiger partial charge in [0.2, 0.25) is 0 Å². The topological polar surface area (TPSA) is 52.5 Å². The molecule has 1 fully saturated rings. The predicted octanol–water partition coefficient (Wildman–Crippen LogP) is 4.07. The highest BCUT2D eigenvalue weighted by atomic mass is 79.9. The van der Waals surface area contributed by atoms with Gasteiger partial charge in [0, 0.05) is 17.1 Å². The quantitative estimate of drug-likeness (QED) is 0.641. The van der Waals surface area contributed by atoms with Gasteiger partial charge >= 0.3 is 0 Å². The van der Waals surface area contributed by atoms with Gasteiger partial charge in [-0.05, 0) is 69.2 Å². The van der Waals surface area contributed by atoms with E-state index >= 15 is 0 Å². The summed E-state index contributed by atoms with van der Waals surface area (Å²) in [6, 6.07) is 2.18. The Hall–Kier alpha value is 0.380. The van der Waals surface area contributed by atoms with Crippen molar-refractivity contribution < 1.29 is 10.2 Å². The largest absolute Gasteiger partial charge is 0.506 e. The molecule has 19 heavy (non-hydrogen) atoms. The minimum atomic E-state index is -0.184. The van der Waals surface area contributed by atoms with Crippen LogP contribution in [-0.2, 0) is 6.54 Å². The van der Waals surface area contributed by atoms with Crippen LogP contribution in [0.25, 0.3) is 0 Å². The van der Waals surface area contributed by atoms with Gasteiger partial charge in [0.25, 0.3) is 0 Å². The number of benzene rings is 1. The van der Waals surface area contributed by atoms with Crippen molar-refractivity contribution in [2.45, 2.75) is 44.4 Å². The third-order valence-corrected chi connectivity index (χ3v) is 5.62. The summed E-state index contributed by atoms with van der Waals surface area (Å²) < 4.78 is 2.29. The van der Waals surface area contributed by atoms with E-state index in [1.165, 1.54) is 0 Å². The molecule has 0 heterocycles. The van der Waals surface area contributed by atoms with Crippen LogP contribution in [0.3, 0.4) is 0 Å². The summed E-state index contributed by atoms with van der Waals surface area (Å²) in [6.07, 6.45) is 3.68. The molecule has 1 aromatic carbocycles. The van der Waals surface area contributed by atoms with Crippen LogP contribution in [0.5, 0.6) is 5.75 Å². The summed E-state index contributed by atoms with van der Waals surface area (Å²) >= 11 is 10.2.